The summed E-state index contributed by atoms with van der Waals surface area (Å²) in [6.45, 7) is 4.57. The number of ether oxygens (including phenoxy) is 1. The molecule has 1 saturated heterocycles. The number of carbonyl (C=O) groups is 1. The van der Waals surface area contributed by atoms with E-state index in [4.69, 9.17) is 13.8 Å². The summed E-state index contributed by atoms with van der Waals surface area (Å²) in [6, 6.07) is 0. The standard InChI is InChI=1S/C9H17O5P/c1-3-13-15(11,14-4-2)7-8-5-12-6-9(8)10/h8H,3-7H2,1-2H3/t8-/m1/s1. The average molecular weight is 236 g/mol. The minimum Gasteiger partial charge on any atom is -0.373 e. The molecule has 15 heavy (non-hydrogen) atoms. The molecule has 88 valence electrons. The van der Waals surface area contributed by atoms with Crippen LogP contribution in [0.25, 0.3) is 0 Å². The molecule has 5 nitrogen and oxygen atoms in total. The summed E-state index contributed by atoms with van der Waals surface area (Å²) >= 11 is 0. The van der Waals surface area contributed by atoms with Crippen LogP contribution in [-0.4, -0.2) is 38.4 Å². The SMILES string of the molecule is CCOP(=O)(C[C@H]1COCC1=O)OCC. The minimum atomic E-state index is -3.11. The maximum absolute atomic E-state index is 12.1. The van der Waals surface area contributed by atoms with Crippen LogP contribution >= 0.6 is 7.60 Å². The van der Waals surface area contributed by atoms with E-state index in [1.54, 1.807) is 13.8 Å². The van der Waals surface area contributed by atoms with Crippen LogP contribution in [0.4, 0.5) is 0 Å². The van der Waals surface area contributed by atoms with Gasteiger partial charge in [0.1, 0.15) is 6.61 Å². The molecular weight excluding hydrogens is 219 g/mol. The fraction of sp³-hybridized carbons (Fsp3) is 0.889. The van der Waals surface area contributed by atoms with Crippen LogP contribution in [0.5, 0.6) is 0 Å². The average Bonchev–Trinajstić information content (AvgIpc) is 2.52. The van der Waals surface area contributed by atoms with Crippen molar-refractivity contribution in [2.24, 2.45) is 5.92 Å². The maximum Gasteiger partial charge on any atom is 0.331 e. The van der Waals surface area contributed by atoms with Gasteiger partial charge < -0.3 is 13.8 Å². The van der Waals surface area contributed by atoms with Gasteiger partial charge in [-0.3, -0.25) is 9.36 Å². The monoisotopic (exact) mass is 236 g/mol. The first-order chi connectivity index (χ1) is 7.11. The zero-order valence-corrected chi connectivity index (χ0v) is 10.00. The highest BCUT2D eigenvalue weighted by Crippen LogP contribution is 2.50. The van der Waals surface area contributed by atoms with Gasteiger partial charge in [-0.25, -0.2) is 0 Å². The molecule has 0 aromatic carbocycles. The van der Waals surface area contributed by atoms with E-state index in [0.717, 1.165) is 0 Å². The Balaban J connectivity index is 2.57. The van der Waals surface area contributed by atoms with Crippen molar-refractivity contribution in [3.8, 4) is 0 Å². The van der Waals surface area contributed by atoms with E-state index in [-0.39, 0.29) is 24.5 Å². The van der Waals surface area contributed by atoms with Crippen LogP contribution in [0, 0.1) is 5.92 Å². The lowest BCUT2D eigenvalue weighted by Gasteiger charge is -2.18. The molecule has 0 saturated carbocycles. The summed E-state index contributed by atoms with van der Waals surface area (Å²) in [5.74, 6) is -0.358. The number of hydrogen-bond donors (Lipinski definition) is 0. The van der Waals surface area contributed by atoms with E-state index in [9.17, 15) is 9.36 Å². The summed E-state index contributed by atoms with van der Waals surface area (Å²) in [6.07, 6.45) is 0.132. The summed E-state index contributed by atoms with van der Waals surface area (Å²) in [4.78, 5) is 11.3. The fourth-order valence-electron chi connectivity index (χ4n) is 1.47. The molecule has 1 aliphatic rings. The summed E-state index contributed by atoms with van der Waals surface area (Å²) in [7, 11) is -3.11. The molecule has 0 N–H and O–H groups in total. The van der Waals surface area contributed by atoms with Crippen LogP contribution in [0.1, 0.15) is 13.8 Å². The van der Waals surface area contributed by atoms with E-state index in [0.29, 0.717) is 19.8 Å². The Bertz CT molecular complexity index is 255. The highest BCUT2D eigenvalue weighted by molar-refractivity contribution is 7.53. The summed E-state index contributed by atoms with van der Waals surface area (Å²) in [5, 5.41) is 0. The molecular formula is C9H17O5P. The van der Waals surface area contributed by atoms with E-state index in [1.807, 2.05) is 0 Å². The van der Waals surface area contributed by atoms with Crippen molar-refractivity contribution in [3.05, 3.63) is 0 Å². The van der Waals surface area contributed by atoms with Gasteiger partial charge in [-0.2, -0.15) is 0 Å². The number of Topliss-reactive ketones (excluding diaryl/α,β-unsaturated/α-hetero) is 1. The Morgan fingerprint density at radius 1 is 1.40 bits per heavy atom. The van der Waals surface area contributed by atoms with Crippen molar-refractivity contribution in [1.82, 2.24) is 0 Å². The zero-order chi connectivity index (χ0) is 11.3. The highest BCUT2D eigenvalue weighted by atomic mass is 31.2. The van der Waals surface area contributed by atoms with E-state index < -0.39 is 7.60 Å². The lowest BCUT2D eigenvalue weighted by molar-refractivity contribution is -0.120. The first kappa shape index (κ1) is 12.8. The second-order valence-corrected chi connectivity index (χ2v) is 5.41. The predicted octanol–water partition coefficient (Wildman–Crippen LogP) is 1.47. The van der Waals surface area contributed by atoms with Crippen LogP contribution in [0.2, 0.25) is 0 Å². The molecule has 0 spiro atoms. The minimum absolute atomic E-state index is 0.0189. The molecule has 6 heteroatoms. The van der Waals surface area contributed by atoms with Crippen molar-refractivity contribution >= 4 is 13.4 Å². The van der Waals surface area contributed by atoms with Gasteiger partial charge in [0.15, 0.2) is 5.78 Å². The number of hydrogen-bond acceptors (Lipinski definition) is 5. The highest BCUT2D eigenvalue weighted by Gasteiger charge is 2.35. The second-order valence-electron chi connectivity index (χ2n) is 3.31. The van der Waals surface area contributed by atoms with E-state index in [2.05, 4.69) is 0 Å². The van der Waals surface area contributed by atoms with Crippen LogP contribution in [0.3, 0.4) is 0 Å². The molecule has 0 bridgehead atoms. The van der Waals surface area contributed by atoms with Crippen LogP contribution in [-0.2, 0) is 23.1 Å². The van der Waals surface area contributed by atoms with Crippen molar-refractivity contribution in [3.63, 3.8) is 0 Å². The Kier molecular flexibility index (Phi) is 4.93. The summed E-state index contributed by atoms with van der Waals surface area (Å²) in [5.41, 5.74) is 0. The number of carbonyl (C=O) groups excluding carboxylic acids is 1. The topological polar surface area (TPSA) is 61.8 Å². The normalized spacial score (nSPS) is 22.3. The van der Waals surface area contributed by atoms with E-state index >= 15 is 0 Å². The molecule has 1 fully saturated rings. The van der Waals surface area contributed by atoms with Crippen molar-refractivity contribution in [2.45, 2.75) is 13.8 Å². The molecule has 0 amide bonds. The van der Waals surface area contributed by atoms with Crippen molar-refractivity contribution < 1.29 is 23.1 Å². The third-order valence-corrected chi connectivity index (χ3v) is 4.31. The van der Waals surface area contributed by atoms with Crippen molar-refractivity contribution in [2.75, 3.05) is 32.6 Å². The Morgan fingerprint density at radius 2 is 2.00 bits per heavy atom. The maximum atomic E-state index is 12.1. The van der Waals surface area contributed by atoms with Gasteiger partial charge in [-0.1, -0.05) is 0 Å². The predicted molar refractivity (Wildman–Crippen MR) is 55.0 cm³/mol. The molecule has 1 aliphatic heterocycles. The van der Waals surface area contributed by atoms with Gasteiger partial charge in [0.05, 0.1) is 31.9 Å². The van der Waals surface area contributed by atoms with Gasteiger partial charge in [-0.15, -0.1) is 0 Å². The lowest BCUT2D eigenvalue weighted by Crippen LogP contribution is -2.17. The molecule has 0 aliphatic carbocycles. The van der Waals surface area contributed by atoms with Gasteiger partial charge in [0.25, 0.3) is 0 Å². The summed E-state index contributed by atoms with van der Waals surface area (Å²) < 4.78 is 27.3. The lowest BCUT2D eigenvalue weighted by atomic mass is 10.1. The fourth-order valence-corrected chi connectivity index (χ4v) is 3.39. The molecule has 1 atom stereocenters. The van der Waals surface area contributed by atoms with E-state index in [1.165, 1.54) is 0 Å². The smallest absolute Gasteiger partial charge is 0.331 e. The molecule has 0 unspecified atom stereocenters. The molecule has 1 rings (SSSR count). The quantitative estimate of drug-likeness (QED) is 0.653. The number of ketones is 1. The molecule has 0 aromatic heterocycles. The van der Waals surface area contributed by atoms with Crippen molar-refractivity contribution in [1.29, 1.82) is 0 Å². The van der Waals surface area contributed by atoms with Gasteiger partial charge >= 0.3 is 7.60 Å². The van der Waals surface area contributed by atoms with Gasteiger partial charge in [0, 0.05) is 0 Å². The second kappa shape index (κ2) is 5.75. The first-order valence-electron chi connectivity index (χ1n) is 5.10. The molecule has 0 aromatic rings. The first-order valence-corrected chi connectivity index (χ1v) is 6.82. The molecule has 0 radical (unpaired) electrons. The van der Waals surface area contributed by atoms with Gasteiger partial charge in [0.2, 0.25) is 0 Å². The number of rotatable bonds is 6. The van der Waals surface area contributed by atoms with Crippen LogP contribution < -0.4 is 0 Å². The third-order valence-electron chi connectivity index (χ3n) is 2.11. The molecule has 1 heterocycles. The Morgan fingerprint density at radius 3 is 2.40 bits per heavy atom. The Labute approximate surface area is 89.6 Å². The Hall–Kier alpha value is -0.220. The largest absolute Gasteiger partial charge is 0.373 e. The van der Waals surface area contributed by atoms with Gasteiger partial charge in [-0.05, 0) is 13.8 Å². The third kappa shape index (κ3) is 3.68. The van der Waals surface area contributed by atoms with Crippen LogP contribution in [0.15, 0.2) is 0 Å². The zero-order valence-electron chi connectivity index (χ0n) is 9.10.